The number of rotatable bonds is 5. The summed E-state index contributed by atoms with van der Waals surface area (Å²) < 4.78 is 10.6. The van der Waals surface area contributed by atoms with Gasteiger partial charge in [-0.1, -0.05) is 12.1 Å². The lowest BCUT2D eigenvalue weighted by atomic mass is 10.1. The fraction of sp³-hybridized carbons (Fsp3) is 0.333. The third-order valence-electron chi connectivity index (χ3n) is 5.19. The Labute approximate surface area is 163 Å². The number of aromatic nitrogens is 2. The van der Waals surface area contributed by atoms with Crippen LogP contribution >= 0.6 is 0 Å². The average Bonchev–Trinajstić information content (AvgIpc) is 2.73. The molecule has 0 amide bonds. The predicted molar refractivity (Wildman–Crippen MR) is 111 cm³/mol. The Morgan fingerprint density at radius 2 is 1.68 bits per heavy atom. The summed E-state index contributed by atoms with van der Waals surface area (Å²) in [6.07, 6.45) is 0. The average molecular weight is 380 g/mol. The smallest absolute Gasteiger partial charge is 0.258 e. The minimum absolute atomic E-state index is 0.179. The highest BCUT2D eigenvalue weighted by Gasteiger charge is 2.22. The maximum Gasteiger partial charge on any atom is 0.258 e. The maximum absolute atomic E-state index is 12.6. The van der Waals surface area contributed by atoms with Crippen molar-refractivity contribution in [3.05, 3.63) is 52.6 Å². The molecule has 1 N–H and O–H groups in total. The highest BCUT2D eigenvalue weighted by atomic mass is 16.5. The molecule has 7 heteroatoms. The molecule has 4 rings (SSSR count). The molecule has 7 nitrogen and oxygen atoms in total. The van der Waals surface area contributed by atoms with Crippen molar-refractivity contribution in [2.45, 2.75) is 13.5 Å². The fourth-order valence-electron chi connectivity index (χ4n) is 3.74. The number of hydrogen-bond acceptors (Lipinski definition) is 6. The van der Waals surface area contributed by atoms with Crippen LogP contribution in [0.5, 0.6) is 11.5 Å². The van der Waals surface area contributed by atoms with Crippen molar-refractivity contribution in [2.75, 3.05) is 43.7 Å². The lowest BCUT2D eigenvalue weighted by molar-refractivity contribution is 0.355. The van der Waals surface area contributed by atoms with Gasteiger partial charge in [-0.2, -0.15) is 0 Å². The van der Waals surface area contributed by atoms with Gasteiger partial charge in [0.1, 0.15) is 5.82 Å². The lowest BCUT2D eigenvalue weighted by Crippen LogP contribution is -2.41. The lowest BCUT2D eigenvalue weighted by Gasteiger charge is -2.38. The van der Waals surface area contributed by atoms with Crippen LogP contribution in [0.1, 0.15) is 12.7 Å². The Morgan fingerprint density at radius 1 is 1.04 bits per heavy atom. The van der Waals surface area contributed by atoms with Crippen LogP contribution in [0, 0.1) is 0 Å². The van der Waals surface area contributed by atoms with Crippen LogP contribution in [0.15, 0.2) is 41.2 Å². The number of aromatic amines is 1. The monoisotopic (exact) mass is 380 g/mol. The summed E-state index contributed by atoms with van der Waals surface area (Å²) in [5.74, 6) is 1.70. The van der Waals surface area contributed by atoms with E-state index in [1.54, 1.807) is 26.4 Å². The fourth-order valence-corrected chi connectivity index (χ4v) is 3.74. The quantitative estimate of drug-likeness (QED) is 0.734. The van der Waals surface area contributed by atoms with Gasteiger partial charge in [-0.05, 0) is 25.1 Å². The van der Waals surface area contributed by atoms with E-state index in [0.717, 1.165) is 25.3 Å². The Bertz CT molecular complexity index is 1060. The van der Waals surface area contributed by atoms with E-state index < -0.39 is 0 Å². The van der Waals surface area contributed by atoms with Gasteiger partial charge >= 0.3 is 0 Å². The van der Waals surface area contributed by atoms with Crippen LogP contribution < -0.4 is 24.8 Å². The Balaban J connectivity index is 1.71. The molecule has 0 bridgehead atoms. The van der Waals surface area contributed by atoms with Crippen LogP contribution in [-0.2, 0) is 6.54 Å². The first-order valence-electron chi connectivity index (χ1n) is 9.38. The van der Waals surface area contributed by atoms with Crippen molar-refractivity contribution < 1.29 is 9.47 Å². The van der Waals surface area contributed by atoms with Crippen molar-refractivity contribution in [2.24, 2.45) is 0 Å². The number of para-hydroxylation sites is 2. The Hall–Kier alpha value is -3.22. The van der Waals surface area contributed by atoms with E-state index in [1.165, 1.54) is 5.69 Å². The molecule has 0 spiro atoms. The summed E-state index contributed by atoms with van der Waals surface area (Å²) in [6, 6.07) is 11.8. The molecule has 0 unspecified atom stereocenters. The molecule has 0 atom stereocenters. The third kappa shape index (κ3) is 3.13. The molecule has 3 aromatic rings. The molecule has 0 fully saturated rings. The first kappa shape index (κ1) is 18.2. The van der Waals surface area contributed by atoms with Crippen LogP contribution in [0.25, 0.3) is 10.9 Å². The number of fused-ring (bicyclic) bond motifs is 2. The van der Waals surface area contributed by atoms with Crippen LogP contribution in [0.2, 0.25) is 0 Å². The second-order valence-electron chi connectivity index (χ2n) is 6.73. The largest absolute Gasteiger partial charge is 0.493 e. The van der Waals surface area contributed by atoms with Gasteiger partial charge in [0, 0.05) is 25.7 Å². The van der Waals surface area contributed by atoms with Gasteiger partial charge in [-0.15, -0.1) is 0 Å². The molecule has 1 aromatic heterocycles. The van der Waals surface area contributed by atoms with Gasteiger partial charge in [0.25, 0.3) is 5.56 Å². The highest BCUT2D eigenvalue weighted by molar-refractivity contribution is 5.82. The van der Waals surface area contributed by atoms with E-state index in [1.807, 2.05) is 6.07 Å². The number of hydrogen-bond donors (Lipinski definition) is 1. The van der Waals surface area contributed by atoms with E-state index >= 15 is 0 Å². The van der Waals surface area contributed by atoms with Gasteiger partial charge in [-0.3, -0.25) is 4.79 Å². The normalized spacial score (nSPS) is 13.5. The molecule has 2 heterocycles. The van der Waals surface area contributed by atoms with Crippen molar-refractivity contribution in [3.63, 3.8) is 0 Å². The molecular weight excluding hydrogens is 356 g/mol. The first-order valence-corrected chi connectivity index (χ1v) is 9.38. The number of nitrogens with one attached hydrogen (secondary N) is 1. The second-order valence-corrected chi connectivity index (χ2v) is 6.73. The number of benzene rings is 2. The number of methoxy groups -OCH3 is 2. The van der Waals surface area contributed by atoms with Crippen LogP contribution in [0.4, 0.5) is 11.4 Å². The summed E-state index contributed by atoms with van der Waals surface area (Å²) in [7, 11) is 3.12. The molecule has 146 valence electrons. The number of nitrogens with zero attached hydrogens (tertiary/aromatic N) is 3. The summed E-state index contributed by atoms with van der Waals surface area (Å²) in [6.45, 7) is 5.48. The molecule has 1 aliphatic rings. The zero-order valence-corrected chi connectivity index (χ0v) is 16.4. The van der Waals surface area contributed by atoms with E-state index in [9.17, 15) is 4.79 Å². The molecule has 0 saturated heterocycles. The van der Waals surface area contributed by atoms with Gasteiger partial charge in [-0.25, -0.2) is 4.98 Å². The zero-order chi connectivity index (χ0) is 19.7. The minimum atomic E-state index is -0.179. The molecular formula is C21H24N4O3. The standard InChI is InChI=1S/C21H24N4O3/c1-4-24-9-10-25(17-8-6-5-7-16(17)24)13-20-22-15-12-19(28-3)18(27-2)11-14(15)21(26)23-20/h5-8,11-12H,4,9-10,13H2,1-3H3,(H,22,23,26). The van der Waals surface area contributed by atoms with Crippen molar-refractivity contribution in [1.82, 2.24) is 9.97 Å². The summed E-state index contributed by atoms with van der Waals surface area (Å²) in [5.41, 5.74) is 2.79. The number of ether oxygens (including phenoxy) is 2. The predicted octanol–water partition coefficient (Wildman–Crippen LogP) is 2.79. The van der Waals surface area contributed by atoms with Crippen molar-refractivity contribution in [1.29, 1.82) is 0 Å². The Kier molecular flexibility index (Phi) is 4.81. The molecule has 1 aliphatic heterocycles. The van der Waals surface area contributed by atoms with Gasteiger partial charge in [0.15, 0.2) is 11.5 Å². The molecule has 0 aliphatic carbocycles. The van der Waals surface area contributed by atoms with Crippen molar-refractivity contribution >= 4 is 22.3 Å². The SMILES string of the molecule is CCN1CCN(Cc2nc3cc(OC)c(OC)cc3c(=O)[nH]2)c2ccccc21. The highest BCUT2D eigenvalue weighted by Crippen LogP contribution is 2.33. The van der Waals surface area contributed by atoms with Gasteiger partial charge in [0.05, 0.1) is 43.0 Å². The third-order valence-corrected chi connectivity index (χ3v) is 5.19. The second kappa shape index (κ2) is 7.42. The maximum atomic E-state index is 12.6. The number of anilines is 2. The van der Waals surface area contributed by atoms with Crippen LogP contribution in [0.3, 0.4) is 0 Å². The number of likely N-dealkylation sites (N-methyl/N-ethyl adjacent to an activating group) is 1. The topological polar surface area (TPSA) is 70.7 Å². The van der Waals surface area contributed by atoms with Crippen LogP contribution in [-0.4, -0.2) is 43.8 Å². The molecule has 2 aromatic carbocycles. The van der Waals surface area contributed by atoms with Gasteiger partial charge in [0.2, 0.25) is 0 Å². The van der Waals surface area contributed by atoms with E-state index in [-0.39, 0.29) is 5.56 Å². The van der Waals surface area contributed by atoms with Gasteiger partial charge < -0.3 is 24.3 Å². The molecule has 28 heavy (non-hydrogen) atoms. The van der Waals surface area contributed by atoms with E-state index in [4.69, 9.17) is 9.47 Å². The Morgan fingerprint density at radius 3 is 2.36 bits per heavy atom. The first-order chi connectivity index (χ1) is 13.6. The zero-order valence-electron chi connectivity index (χ0n) is 16.4. The van der Waals surface area contributed by atoms with E-state index in [0.29, 0.717) is 34.8 Å². The minimum Gasteiger partial charge on any atom is -0.493 e. The molecule has 0 radical (unpaired) electrons. The number of H-pyrrole nitrogens is 1. The molecule has 0 saturated carbocycles. The summed E-state index contributed by atoms with van der Waals surface area (Å²) in [5, 5.41) is 0.484. The van der Waals surface area contributed by atoms with Crippen molar-refractivity contribution in [3.8, 4) is 11.5 Å². The summed E-state index contributed by atoms with van der Waals surface area (Å²) >= 11 is 0. The van der Waals surface area contributed by atoms with E-state index in [2.05, 4.69) is 44.9 Å². The summed E-state index contributed by atoms with van der Waals surface area (Å²) in [4.78, 5) is 24.9.